The molecule has 0 aromatic heterocycles. The number of carbonyl (C=O) groups is 2. The lowest BCUT2D eigenvalue weighted by atomic mass is 10.3. The number of halogens is 1. The summed E-state index contributed by atoms with van der Waals surface area (Å²) < 4.78 is 9.07. The lowest BCUT2D eigenvalue weighted by Crippen LogP contribution is -2.09. The minimum atomic E-state index is -0.529. The molecule has 0 unspecified atom stereocenters. The van der Waals surface area contributed by atoms with Gasteiger partial charge in [-0.3, -0.25) is 0 Å². The van der Waals surface area contributed by atoms with Crippen LogP contribution in [0.4, 0.5) is 0 Å². The molecule has 0 aliphatic carbocycles. The normalized spacial score (nSPS) is 11.7. The second kappa shape index (κ2) is 5.13. The van der Waals surface area contributed by atoms with Crippen LogP contribution in [0.5, 0.6) is 0 Å². The van der Waals surface area contributed by atoms with E-state index >= 15 is 0 Å². The third-order valence-corrected chi connectivity index (χ3v) is 2.43. The molecule has 0 atom stereocenters. The summed E-state index contributed by atoms with van der Waals surface area (Å²) >= 11 is 1.74. The summed E-state index contributed by atoms with van der Waals surface area (Å²) in [6, 6.07) is 0. The first kappa shape index (κ1) is 11.4. The third kappa shape index (κ3) is 2.80. The highest BCUT2D eigenvalue weighted by Crippen LogP contribution is 2.14. The molecule has 0 amide bonds. The fourth-order valence-corrected chi connectivity index (χ4v) is 0.926. The van der Waals surface area contributed by atoms with Crippen molar-refractivity contribution in [1.82, 2.24) is 0 Å². The highest BCUT2D eigenvalue weighted by Gasteiger charge is 2.15. The number of ether oxygens (including phenoxy) is 2. The molecule has 0 aromatic rings. The molecule has 0 radical (unpaired) electrons. The molecule has 0 heterocycles. The first-order valence-corrected chi connectivity index (χ1v) is 4.15. The van der Waals surface area contributed by atoms with E-state index in [2.05, 4.69) is 9.47 Å². The monoisotopic (exact) mass is 284 g/mol. The van der Waals surface area contributed by atoms with E-state index in [1.165, 1.54) is 21.1 Å². The van der Waals surface area contributed by atoms with Crippen LogP contribution in [0.15, 0.2) is 9.15 Å². The van der Waals surface area contributed by atoms with Gasteiger partial charge in [-0.05, 0) is 29.5 Å². The van der Waals surface area contributed by atoms with Crippen LogP contribution in [0.25, 0.3) is 0 Å². The molecule has 0 aliphatic rings. The molecule has 0 aliphatic heterocycles. The van der Waals surface area contributed by atoms with E-state index in [0.717, 1.165) is 0 Å². The van der Waals surface area contributed by atoms with Crippen LogP contribution in [0.3, 0.4) is 0 Å². The molecule has 0 saturated carbocycles. The van der Waals surface area contributed by atoms with Gasteiger partial charge in [0.15, 0.2) is 0 Å². The van der Waals surface area contributed by atoms with Crippen LogP contribution in [-0.2, 0) is 19.1 Å². The Balaban J connectivity index is 4.68. The van der Waals surface area contributed by atoms with Gasteiger partial charge < -0.3 is 9.47 Å². The van der Waals surface area contributed by atoms with Crippen molar-refractivity contribution >= 4 is 34.5 Å². The number of esters is 2. The Labute approximate surface area is 84.1 Å². The van der Waals surface area contributed by atoms with E-state index < -0.39 is 11.9 Å². The van der Waals surface area contributed by atoms with Crippen molar-refractivity contribution in [2.24, 2.45) is 0 Å². The zero-order chi connectivity index (χ0) is 9.72. The average molecular weight is 284 g/mol. The molecule has 0 N–H and O–H groups in total. The van der Waals surface area contributed by atoms with Gasteiger partial charge in [0.2, 0.25) is 0 Å². The fraction of sp³-hybridized carbons (Fsp3) is 0.429. The van der Waals surface area contributed by atoms with Gasteiger partial charge in [-0.1, -0.05) is 0 Å². The SMILES string of the molecule is COC(=O)/C(C)=C(/I)C(=O)OC. The Morgan fingerprint density at radius 2 is 1.50 bits per heavy atom. The van der Waals surface area contributed by atoms with Gasteiger partial charge in [-0.2, -0.15) is 0 Å². The molecule has 0 bridgehead atoms. The number of methoxy groups -OCH3 is 2. The molecule has 0 saturated heterocycles. The Morgan fingerprint density at radius 1 is 1.08 bits per heavy atom. The summed E-state index contributed by atoms with van der Waals surface area (Å²) in [4.78, 5) is 21.8. The van der Waals surface area contributed by atoms with Gasteiger partial charge in [-0.25, -0.2) is 9.59 Å². The maximum atomic E-state index is 10.9. The average Bonchev–Trinajstić information content (AvgIpc) is 2.12. The number of hydrogen-bond donors (Lipinski definition) is 0. The van der Waals surface area contributed by atoms with Gasteiger partial charge in [-0.15, -0.1) is 0 Å². The highest BCUT2D eigenvalue weighted by atomic mass is 127. The minimum absolute atomic E-state index is 0.238. The van der Waals surface area contributed by atoms with E-state index in [4.69, 9.17) is 0 Å². The van der Waals surface area contributed by atoms with E-state index in [9.17, 15) is 9.59 Å². The Bertz CT molecular complexity index is 208. The number of hydrogen-bond acceptors (Lipinski definition) is 4. The summed E-state index contributed by atoms with van der Waals surface area (Å²) in [6.07, 6.45) is 0. The summed E-state index contributed by atoms with van der Waals surface area (Å²) in [6.45, 7) is 1.50. The molecule has 0 spiro atoms. The van der Waals surface area contributed by atoms with E-state index in [-0.39, 0.29) is 9.15 Å². The van der Waals surface area contributed by atoms with Crippen molar-refractivity contribution < 1.29 is 19.1 Å². The Hall–Kier alpha value is -0.590. The van der Waals surface area contributed by atoms with E-state index in [1.54, 1.807) is 22.6 Å². The van der Waals surface area contributed by atoms with Gasteiger partial charge in [0.25, 0.3) is 0 Å². The third-order valence-electron chi connectivity index (χ3n) is 1.19. The molecule has 12 heavy (non-hydrogen) atoms. The van der Waals surface area contributed by atoms with Gasteiger partial charge in [0.05, 0.1) is 19.8 Å². The van der Waals surface area contributed by atoms with Crippen LogP contribution in [-0.4, -0.2) is 26.2 Å². The zero-order valence-corrected chi connectivity index (χ0v) is 9.17. The largest absolute Gasteiger partial charge is 0.466 e. The van der Waals surface area contributed by atoms with Crippen LogP contribution in [0.1, 0.15) is 6.92 Å². The molecule has 4 nitrogen and oxygen atoms in total. The first-order chi connectivity index (χ1) is 5.54. The highest BCUT2D eigenvalue weighted by molar-refractivity contribution is 14.1. The smallest absolute Gasteiger partial charge is 0.344 e. The standard InChI is InChI=1S/C7H9IO4/c1-4(6(9)11-2)5(8)7(10)12-3/h1-3H3/b5-4+. The second-order valence-corrected chi connectivity index (χ2v) is 3.00. The maximum Gasteiger partial charge on any atom is 0.344 e. The molecule has 0 rings (SSSR count). The Kier molecular flexibility index (Phi) is 4.87. The van der Waals surface area contributed by atoms with Crippen molar-refractivity contribution in [3.05, 3.63) is 9.15 Å². The van der Waals surface area contributed by atoms with Crippen molar-refractivity contribution in [2.45, 2.75) is 6.92 Å². The predicted octanol–water partition coefficient (Wildman–Crippen LogP) is 1.04. The molecule has 0 aromatic carbocycles. The van der Waals surface area contributed by atoms with Crippen LogP contribution in [0.2, 0.25) is 0 Å². The quantitative estimate of drug-likeness (QED) is 0.432. The van der Waals surface area contributed by atoms with Gasteiger partial charge >= 0.3 is 11.9 Å². The molecule has 0 fully saturated rings. The van der Waals surface area contributed by atoms with E-state index in [0.29, 0.717) is 0 Å². The minimum Gasteiger partial charge on any atom is -0.466 e. The first-order valence-electron chi connectivity index (χ1n) is 3.07. The fourth-order valence-electron chi connectivity index (χ4n) is 0.485. The van der Waals surface area contributed by atoms with Crippen LogP contribution in [0, 0.1) is 0 Å². The summed E-state index contributed by atoms with van der Waals surface area (Å²) in [5.41, 5.74) is 0.255. The van der Waals surface area contributed by atoms with Crippen molar-refractivity contribution in [3.63, 3.8) is 0 Å². The predicted molar refractivity (Wildman–Crippen MR) is 50.8 cm³/mol. The summed E-state index contributed by atoms with van der Waals surface area (Å²) in [7, 11) is 2.51. The topological polar surface area (TPSA) is 52.6 Å². The summed E-state index contributed by atoms with van der Waals surface area (Å²) in [5, 5.41) is 0. The summed E-state index contributed by atoms with van der Waals surface area (Å²) in [5.74, 6) is -1.05. The maximum absolute atomic E-state index is 10.9. The van der Waals surface area contributed by atoms with E-state index in [1.807, 2.05) is 0 Å². The van der Waals surface area contributed by atoms with Crippen molar-refractivity contribution in [1.29, 1.82) is 0 Å². The zero-order valence-electron chi connectivity index (χ0n) is 7.01. The molecule has 68 valence electrons. The number of rotatable bonds is 2. The van der Waals surface area contributed by atoms with Gasteiger partial charge in [0, 0.05) is 0 Å². The van der Waals surface area contributed by atoms with Crippen molar-refractivity contribution in [3.8, 4) is 0 Å². The lowest BCUT2D eigenvalue weighted by Gasteiger charge is -2.01. The van der Waals surface area contributed by atoms with Crippen LogP contribution >= 0.6 is 22.6 Å². The molecular weight excluding hydrogens is 275 g/mol. The van der Waals surface area contributed by atoms with Crippen molar-refractivity contribution in [2.75, 3.05) is 14.2 Å². The second-order valence-electron chi connectivity index (χ2n) is 1.92. The lowest BCUT2D eigenvalue weighted by molar-refractivity contribution is -0.138. The molecular formula is C7H9IO4. The number of carbonyl (C=O) groups excluding carboxylic acids is 2. The molecule has 5 heteroatoms. The van der Waals surface area contributed by atoms with Crippen LogP contribution < -0.4 is 0 Å². The van der Waals surface area contributed by atoms with Gasteiger partial charge in [0.1, 0.15) is 3.58 Å². The Morgan fingerprint density at radius 3 is 1.83 bits per heavy atom.